The summed E-state index contributed by atoms with van der Waals surface area (Å²) in [5.74, 6) is -0.822. The Labute approximate surface area is 90.4 Å². The first kappa shape index (κ1) is 12.2. The number of nitrogens with zero attached hydrogens (tertiary/aromatic N) is 1. The predicted molar refractivity (Wildman–Crippen MR) is 53.7 cm³/mol. The van der Waals surface area contributed by atoms with Gasteiger partial charge in [0.05, 0.1) is 19.2 Å². The van der Waals surface area contributed by atoms with Crippen LogP contribution >= 0.6 is 0 Å². The van der Waals surface area contributed by atoms with Gasteiger partial charge < -0.3 is 16.2 Å². The Morgan fingerprint density at radius 1 is 1.56 bits per heavy atom. The Morgan fingerprint density at radius 2 is 2.19 bits per heavy atom. The van der Waals surface area contributed by atoms with Crippen molar-refractivity contribution in [1.29, 1.82) is 0 Å². The molecule has 0 saturated carbocycles. The van der Waals surface area contributed by atoms with Gasteiger partial charge in [0.2, 0.25) is 0 Å². The molecule has 0 bridgehead atoms. The molecule has 0 aliphatic carbocycles. The molecule has 88 valence electrons. The van der Waals surface area contributed by atoms with Gasteiger partial charge in [-0.05, 0) is 11.6 Å². The van der Waals surface area contributed by atoms with Gasteiger partial charge in [-0.15, -0.1) is 0 Å². The van der Waals surface area contributed by atoms with E-state index in [0.717, 1.165) is 0 Å². The second kappa shape index (κ2) is 4.73. The second-order valence-corrected chi connectivity index (χ2v) is 3.06. The molecule has 0 unspecified atom stereocenters. The van der Waals surface area contributed by atoms with Crippen molar-refractivity contribution in [3.63, 3.8) is 0 Å². The van der Waals surface area contributed by atoms with Gasteiger partial charge in [0, 0.05) is 0 Å². The highest BCUT2D eigenvalue weighted by Crippen LogP contribution is 2.26. The number of nitrogens with two attached hydrogens (primary N) is 2. The average Bonchev–Trinajstić information content (AvgIpc) is 2.22. The summed E-state index contributed by atoms with van der Waals surface area (Å²) in [5.41, 5.74) is 10.3. The molecule has 4 N–H and O–H groups in total. The smallest absolute Gasteiger partial charge is 0.310 e. The fourth-order valence-electron chi connectivity index (χ4n) is 1.16. The molecule has 0 atom stereocenters. The number of hydrogen-bond donors (Lipinski definition) is 2. The highest BCUT2D eigenvalue weighted by molar-refractivity contribution is 5.74. The Balaban J connectivity index is 3.14. The van der Waals surface area contributed by atoms with Crippen LogP contribution in [0.4, 0.5) is 20.3 Å². The lowest BCUT2D eigenvalue weighted by molar-refractivity contribution is -0.139. The molecule has 1 aromatic heterocycles. The van der Waals surface area contributed by atoms with Crippen LogP contribution in [0.2, 0.25) is 0 Å². The minimum absolute atomic E-state index is 0.0218. The average molecular weight is 231 g/mol. The number of rotatable bonds is 3. The number of halogens is 2. The maximum Gasteiger partial charge on any atom is 0.310 e. The number of alkyl halides is 2. The third-order valence-corrected chi connectivity index (χ3v) is 1.96. The molecule has 7 heteroatoms. The first-order chi connectivity index (χ1) is 7.45. The first-order valence-electron chi connectivity index (χ1n) is 4.35. The van der Waals surface area contributed by atoms with Gasteiger partial charge in [0.25, 0.3) is 6.43 Å². The van der Waals surface area contributed by atoms with Gasteiger partial charge >= 0.3 is 5.97 Å². The summed E-state index contributed by atoms with van der Waals surface area (Å²) >= 11 is 0. The molecule has 0 fully saturated rings. The van der Waals surface area contributed by atoms with Crippen LogP contribution in [0.25, 0.3) is 0 Å². The lowest BCUT2D eigenvalue weighted by Crippen LogP contribution is -2.11. The number of anilines is 2. The van der Waals surface area contributed by atoms with Gasteiger partial charge in [0.15, 0.2) is 0 Å². The zero-order chi connectivity index (χ0) is 12.3. The Bertz CT molecular complexity index is 410. The Morgan fingerprint density at radius 3 is 2.69 bits per heavy atom. The molecule has 1 aromatic rings. The van der Waals surface area contributed by atoms with Crippen molar-refractivity contribution in [3.8, 4) is 0 Å². The van der Waals surface area contributed by atoms with Crippen molar-refractivity contribution >= 4 is 17.5 Å². The molecule has 0 aromatic carbocycles. The van der Waals surface area contributed by atoms with E-state index in [1.54, 1.807) is 0 Å². The van der Waals surface area contributed by atoms with E-state index in [9.17, 15) is 13.6 Å². The molecule has 1 heterocycles. The predicted octanol–water partition coefficient (Wildman–Crippen LogP) is 0.899. The largest absolute Gasteiger partial charge is 0.469 e. The van der Waals surface area contributed by atoms with E-state index in [0.29, 0.717) is 0 Å². The fourth-order valence-corrected chi connectivity index (χ4v) is 1.16. The van der Waals surface area contributed by atoms with Gasteiger partial charge in [-0.25, -0.2) is 13.8 Å². The van der Waals surface area contributed by atoms with Crippen molar-refractivity contribution in [2.75, 3.05) is 18.6 Å². The molecule has 0 aliphatic rings. The van der Waals surface area contributed by atoms with Crippen molar-refractivity contribution in [2.24, 2.45) is 0 Å². The quantitative estimate of drug-likeness (QED) is 0.754. The minimum atomic E-state index is -2.82. The zero-order valence-corrected chi connectivity index (χ0v) is 8.54. The van der Waals surface area contributed by atoms with Crippen LogP contribution in [-0.4, -0.2) is 18.1 Å². The number of nitrogen functional groups attached to an aromatic ring is 2. The van der Waals surface area contributed by atoms with Crippen LogP contribution in [0.3, 0.4) is 0 Å². The van der Waals surface area contributed by atoms with Crippen molar-refractivity contribution in [2.45, 2.75) is 12.8 Å². The van der Waals surface area contributed by atoms with Crippen LogP contribution < -0.4 is 11.5 Å². The number of aromatic nitrogens is 1. The minimum Gasteiger partial charge on any atom is -0.469 e. The van der Waals surface area contributed by atoms with Crippen LogP contribution in [0.1, 0.15) is 17.7 Å². The number of ether oxygens (including phenoxy) is 1. The third kappa shape index (κ3) is 2.56. The number of esters is 1. The van der Waals surface area contributed by atoms with Gasteiger partial charge in [-0.3, -0.25) is 4.79 Å². The van der Waals surface area contributed by atoms with Crippen LogP contribution in [-0.2, 0) is 16.0 Å². The monoisotopic (exact) mass is 231 g/mol. The lowest BCUT2D eigenvalue weighted by atomic mass is 10.1. The van der Waals surface area contributed by atoms with E-state index in [1.807, 2.05) is 0 Å². The molecule has 0 aliphatic heterocycles. The van der Waals surface area contributed by atoms with Gasteiger partial charge in [-0.1, -0.05) is 0 Å². The normalized spacial score (nSPS) is 10.5. The summed E-state index contributed by atoms with van der Waals surface area (Å²) in [6.45, 7) is 0. The maximum atomic E-state index is 12.6. The zero-order valence-electron chi connectivity index (χ0n) is 8.54. The summed E-state index contributed by atoms with van der Waals surface area (Å²) in [6.07, 6.45) is -3.13. The summed E-state index contributed by atoms with van der Waals surface area (Å²) in [6, 6.07) is 1.21. The molecule has 0 spiro atoms. The molecule has 0 amide bonds. The molecule has 0 saturated heterocycles. The molecular formula is C9H11F2N3O2. The number of methoxy groups -OCH3 is 1. The van der Waals surface area contributed by atoms with E-state index in [1.165, 1.54) is 13.2 Å². The maximum absolute atomic E-state index is 12.6. The van der Waals surface area contributed by atoms with Crippen molar-refractivity contribution in [1.82, 2.24) is 4.98 Å². The molecular weight excluding hydrogens is 220 g/mol. The van der Waals surface area contributed by atoms with Crippen LogP contribution in [0.15, 0.2) is 6.07 Å². The first-order valence-corrected chi connectivity index (χ1v) is 4.35. The SMILES string of the molecule is COC(=O)Cc1cc(N)c(N)nc1C(F)F. The van der Waals surface area contributed by atoms with Crippen molar-refractivity contribution in [3.05, 3.63) is 17.3 Å². The molecule has 16 heavy (non-hydrogen) atoms. The Hall–Kier alpha value is -1.92. The number of carbonyl (C=O) groups excluding carboxylic acids is 1. The summed E-state index contributed by atoms with van der Waals surface area (Å²) in [5, 5.41) is 0. The highest BCUT2D eigenvalue weighted by atomic mass is 19.3. The molecule has 1 rings (SSSR count). The van der Waals surface area contributed by atoms with E-state index in [2.05, 4.69) is 9.72 Å². The van der Waals surface area contributed by atoms with Gasteiger partial charge in [0.1, 0.15) is 11.5 Å². The Kier molecular flexibility index (Phi) is 3.60. The standard InChI is InChI=1S/C9H11F2N3O2/c1-16-6(15)3-4-2-5(12)9(13)14-7(4)8(10)11/h2,8H,3,12H2,1H3,(H2,13,14). The number of pyridine rings is 1. The third-order valence-electron chi connectivity index (χ3n) is 1.96. The fraction of sp³-hybridized carbons (Fsp3) is 0.333. The van der Waals surface area contributed by atoms with Gasteiger partial charge in [-0.2, -0.15) is 0 Å². The summed E-state index contributed by atoms with van der Waals surface area (Å²) in [7, 11) is 1.17. The second-order valence-electron chi connectivity index (χ2n) is 3.06. The molecule has 0 radical (unpaired) electrons. The molecule has 5 nitrogen and oxygen atoms in total. The number of carbonyl (C=O) groups is 1. The van der Waals surface area contributed by atoms with E-state index < -0.39 is 18.1 Å². The summed E-state index contributed by atoms with van der Waals surface area (Å²) in [4.78, 5) is 14.4. The van der Waals surface area contributed by atoms with Crippen molar-refractivity contribution < 1.29 is 18.3 Å². The van der Waals surface area contributed by atoms with E-state index >= 15 is 0 Å². The summed E-state index contributed by atoms with van der Waals surface area (Å²) < 4.78 is 29.5. The number of hydrogen-bond acceptors (Lipinski definition) is 5. The van der Waals surface area contributed by atoms with Crippen LogP contribution in [0.5, 0.6) is 0 Å². The van der Waals surface area contributed by atoms with E-state index in [-0.39, 0.29) is 23.5 Å². The lowest BCUT2D eigenvalue weighted by Gasteiger charge is -2.09. The topological polar surface area (TPSA) is 91.2 Å². The highest BCUT2D eigenvalue weighted by Gasteiger charge is 2.19. The van der Waals surface area contributed by atoms with E-state index in [4.69, 9.17) is 11.5 Å². The van der Waals surface area contributed by atoms with Crippen LogP contribution in [0, 0.1) is 0 Å².